The van der Waals surface area contributed by atoms with Crippen molar-refractivity contribution in [2.45, 2.75) is 59.4 Å². The number of unbranched alkanes of at least 4 members (excludes halogenated alkanes) is 1. The second-order valence-corrected chi connectivity index (χ2v) is 3.35. The Bertz CT molecular complexity index is 204. The van der Waals surface area contributed by atoms with Gasteiger partial charge < -0.3 is 5.11 Å². The normalized spacial score (nSPS) is 11.1. The van der Waals surface area contributed by atoms with Gasteiger partial charge in [0, 0.05) is 6.42 Å². The highest BCUT2D eigenvalue weighted by Gasteiger charge is 2.25. The summed E-state index contributed by atoms with van der Waals surface area (Å²) in [7, 11) is 0. The third kappa shape index (κ3) is 7.23. The summed E-state index contributed by atoms with van der Waals surface area (Å²) >= 11 is 0. The molecule has 0 rings (SSSR count). The summed E-state index contributed by atoms with van der Waals surface area (Å²) in [6, 6.07) is -1.13. The maximum absolute atomic E-state index is 10.8. The largest absolute Gasteiger partial charge is 0.480 e. The average molecular weight is 233 g/mol. The molecule has 0 bridgehead atoms. The summed E-state index contributed by atoms with van der Waals surface area (Å²) in [6.07, 6.45) is 2.93. The van der Waals surface area contributed by atoms with E-state index in [0.29, 0.717) is 0 Å². The summed E-state index contributed by atoms with van der Waals surface area (Å²) < 4.78 is 0. The lowest BCUT2D eigenvalue weighted by molar-refractivity contribution is -0.185. The van der Waals surface area contributed by atoms with E-state index in [1.807, 2.05) is 0 Å². The van der Waals surface area contributed by atoms with Crippen molar-refractivity contribution in [2.75, 3.05) is 0 Å². The Balaban J connectivity index is 0. The smallest absolute Gasteiger partial charge is 0.329 e. The van der Waals surface area contributed by atoms with Crippen LogP contribution in [0.1, 0.15) is 53.4 Å². The Morgan fingerprint density at radius 1 is 1.12 bits per heavy atom. The molecule has 0 radical (unpaired) electrons. The standard InChI is InChI=1S/C7H13NO4.C4H10/c1-3-5(7(10)11)8(12)6(9)4-2;1-3-4-2/h5,12H,3-4H2,1-2H3,(H,10,11);3-4H2,1-2H3. The van der Waals surface area contributed by atoms with Gasteiger partial charge in [-0.1, -0.05) is 40.5 Å². The van der Waals surface area contributed by atoms with Crippen molar-refractivity contribution in [1.29, 1.82) is 0 Å². The average Bonchev–Trinajstić information content (AvgIpc) is 2.28. The van der Waals surface area contributed by atoms with Gasteiger partial charge in [-0.3, -0.25) is 10.0 Å². The minimum absolute atomic E-state index is 0.0975. The highest BCUT2D eigenvalue weighted by atomic mass is 16.5. The van der Waals surface area contributed by atoms with Gasteiger partial charge in [-0.05, 0) is 6.42 Å². The molecular formula is C11H23NO4. The highest BCUT2D eigenvalue weighted by molar-refractivity contribution is 5.82. The summed E-state index contributed by atoms with van der Waals surface area (Å²) in [5.74, 6) is -1.77. The zero-order valence-electron chi connectivity index (χ0n) is 10.6. The summed E-state index contributed by atoms with van der Waals surface area (Å²) in [6.45, 7) is 7.51. The number of hydrogen-bond donors (Lipinski definition) is 2. The van der Waals surface area contributed by atoms with E-state index in [9.17, 15) is 9.59 Å². The minimum atomic E-state index is -1.19. The van der Waals surface area contributed by atoms with Gasteiger partial charge in [-0.25, -0.2) is 9.86 Å². The molecule has 0 saturated carbocycles. The Morgan fingerprint density at radius 2 is 1.56 bits per heavy atom. The summed E-state index contributed by atoms with van der Waals surface area (Å²) in [4.78, 5) is 21.3. The SMILES string of the molecule is CCC(=O)N(O)C(CC)C(=O)O.CCCC. The molecule has 0 aromatic carbocycles. The predicted octanol–water partition coefficient (Wildman–Crippen LogP) is 2.28. The number of carboxylic acids is 1. The number of aliphatic carboxylic acids is 1. The number of carbonyl (C=O) groups is 2. The van der Waals surface area contributed by atoms with E-state index < -0.39 is 17.9 Å². The number of nitrogens with zero attached hydrogens (tertiary/aromatic N) is 1. The van der Waals surface area contributed by atoms with E-state index in [1.54, 1.807) is 13.8 Å². The summed E-state index contributed by atoms with van der Waals surface area (Å²) in [5.41, 5.74) is 0. The number of hydroxylamine groups is 2. The van der Waals surface area contributed by atoms with Crippen LogP contribution in [0.5, 0.6) is 0 Å². The van der Waals surface area contributed by atoms with Gasteiger partial charge >= 0.3 is 5.97 Å². The molecule has 0 aliphatic heterocycles. The number of rotatable bonds is 5. The molecule has 0 aliphatic carbocycles. The van der Waals surface area contributed by atoms with Crippen LogP contribution in [0, 0.1) is 0 Å². The van der Waals surface area contributed by atoms with Gasteiger partial charge in [0.25, 0.3) is 0 Å². The molecule has 0 spiro atoms. The molecule has 0 fully saturated rings. The van der Waals surface area contributed by atoms with E-state index in [2.05, 4.69) is 13.8 Å². The van der Waals surface area contributed by atoms with Crippen LogP contribution in [0.4, 0.5) is 0 Å². The van der Waals surface area contributed by atoms with Crippen molar-refractivity contribution >= 4 is 11.9 Å². The lowest BCUT2D eigenvalue weighted by Crippen LogP contribution is -2.42. The van der Waals surface area contributed by atoms with Crippen molar-refractivity contribution in [1.82, 2.24) is 5.06 Å². The fraction of sp³-hybridized carbons (Fsp3) is 0.818. The lowest BCUT2D eigenvalue weighted by Gasteiger charge is -2.20. The molecule has 1 amide bonds. The minimum Gasteiger partial charge on any atom is -0.480 e. The monoisotopic (exact) mass is 233 g/mol. The molecular weight excluding hydrogens is 210 g/mol. The van der Waals surface area contributed by atoms with Crippen molar-refractivity contribution in [3.63, 3.8) is 0 Å². The van der Waals surface area contributed by atoms with E-state index in [4.69, 9.17) is 10.3 Å². The van der Waals surface area contributed by atoms with E-state index >= 15 is 0 Å². The fourth-order valence-corrected chi connectivity index (χ4v) is 0.788. The quantitative estimate of drug-likeness (QED) is 0.564. The third-order valence-corrected chi connectivity index (χ3v) is 2.02. The second-order valence-electron chi connectivity index (χ2n) is 3.35. The van der Waals surface area contributed by atoms with Gasteiger partial charge in [0.1, 0.15) is 0 Å². The zero-order valence-corrected chi connectivity index (χ0v) is 10.6. The van der Waals surface area contributed by atoms with E-state index in [0.717, 1.165) is 0 Å². The van der Waals surface area contributed by atoms with Gasteiger partial charge in [-0.15, -0.1) is 0 Å². The van der Waals surface area contributed by atoms with Crippen molar-refractivity contribution in [3.8, 4) is 0 Å². The second kappa shape index (κ2) is 10.4. The molecule has 2 N–H and O–H groups in total. The molecule has 0 heterocycles. The Morgan fingerprint density at radius 3 is 1.75 bits per heavy atom. The third-order valence-electron chi connectivity index (χ3n) is 2.02. The lowest BCUT2D eigenvalue weighted by atomic mass is 10.2. The predicted molar refractivity (Wildman–Crippen MR) is 61.2 cm³/mol. The molecule has 1 unspecified atom stereocenters. The number of carbonyl (C=O) groups excluding carboxylic acids is 1. The molecule has 0 aromatic heterocycles. The first-order chi connectivity index (χ1) is 7.45. The number of amides is 1. The molecule has 5 nitrogen and oxygen atoms in total. The van der Waals surface area contributed by atoms with Crippen LogP contribution < -0.4 is 0 Å². The van der Waals surface area contributed by atoms with Crippen molar-refractivity contribution < 1.29 is 19.9 Å². The Kier molecular flexibility index (Phi) is 11.3. The van der Waals surface area contributed by atoms with Gasteiger partial charge in [0.15, 0.2) is 6.04 Å². The maximum Gasteiger partial charge on any atom is 0.329 e. The van der Waals surface area contributed by atoms with E-state index in [1.165, 1.54) is 12.8 Å². The Labute approximate surface area is 97.0 Å². The molecule has 0 aliphatic rings. The topological polar surface area (TPSA) is 77.8 Å². The van der Waals surface area contributed by atoms with Gasteiger partial charge in [0.05, 0.1) is 0 Å². The van der Waals surface area contributed by atoms with Crippen LogP contribution >= 0.6 is 0 Å². The van der Waals surface area contributed by atoms with Crippen LogP contribution in [-0.4, -0.2) is 33.3 Å². The zero-order chi connectivity index (χ0) is 13.1. The first kappa shape index (κ1) is 17.3. The number of hydrogen-bond acceptors (Lipinski definition) is 3. The Hall–Kier alpha value is -1.10. The fourth-order valence-electron chi connectivity index (χ4n) is 0.788. The van der Waals surface area contributed by atoms with Gasteiger partial charge in [0.2, 0.25) is 5.91 Å². The molecule has 5 heteroatoms. The van der Waals surface area contributed by atoms with Crippen LogP contribution in [0.15, 0.2) is 0 Å². The highest BCUT2D eigenvalue weighted by Crippen LogP contribution is 2.03. The van der Waals surface area contributed by atoms with Crippen LogP contribution in [0.2, 0.25) is 0 Å². The van der Waals surface area contributed by atoms with E-state index in [-0.39, 0.29) is 17.9 Å². The van der Waals surface area contributed by atoms with Gasteiger partial charge in [-0.2, -0.15) is 0 Å². The molecule has 0 aromatic rings. The molecule has 16 heavy (non-hydrogen) atoms. The van der Waals surface area contributed by atoms with Crippen molar-refractivity contribution in [2.24, 2.45) is 0 Å². The van der Waals surface area contributed by atoms with Crippen LogP contribution in [0.3, 0.4) is 0 Å². The van der Waals surface area contributed by atoms with Crippen molar-refractivity contribution in [3.05, 3.63) is 0 Å². The molecule has 0 saturated heterocycles. The van der Waals surface area contributed by atoms with Crippen LogP contribution in [0.25, 0.3) is 0 Å². The molecule has 1 atom stereocenters. The first-order valence-corrected chi connectivity index (χ1v) is 5.69. The number of carboxylic acid groups (broad SMARTS) is 1. The van der Waals surface area contributed by atoms with Crippen LogP contribution in [-0.2, 0) is 9.59 Å². The summed E-state index contributed by atoms with van der Waals surface area (Å²) in [5, 5.41) is 17.9. The molecule has 96 valence electrons. The first-order valence-electron chi connectivity index (χ1n) is 5.69. The maximum atomic E-state index is 10.8.